The number of H-pyrrole nitrogens is 1. The largest absolute Gasteiger partial charge is 0.496 e. The highest BCUT2D eigenvalue weighted by atomic mass is 35.5. The van der Waals surface area contributed by atoms with Crippen LogP contribution in [-0.4, -0.2) is 44.6 Å². The third-order valence-corrected chi connectivity index (χ3v) is 7.00. The SMILES string of the molecule is COc1ccc(F)c(Cl)c1[C@@H](CF)c1c[nH]c2ncc(-c3cnn(C4CCC(N)CC4)c3)nc12. The maximum absolute atomic E-state index is 14.4. The lowest BCUT2D eigenvalue weighted by molar-refractivity contribution is 0.304. The minimum absolute atomic E-state index is 0.172. The Morgan fingerprint density at radius 3 is 2.79 bits per heavy atom. The number of rotatable bonds is 6. The van der Waals surface area contributed by atoms with E-state index in [4.69, 9.17) is 27.1 Å². The van der Waals surface area contributed by atoms with Gasteiger partial charge in [-0.2, -0.15) is 5.10 Å². The quantitative estimate of drug-likeness (QED) is 0.392. The lowest BCUT2D eigenvalue weighted by atomic mass is 9.92. The molecule has 1 atom stereocenters. The third kappa shape index (κ3) is 4.03. The molecule has 0 amide bonds. The molecule has 10 heteroatoms. The van der Waals surface area contributed by atoms with Crippen molar-refractivity contribution in [2.24, 2.45) is 5.73 Å². The molecule has 1 saturated carbocycles. The second kappa shape index (κ2) is 9.31. The minimum atomic E-state index is -0.884. The van der Waals surface area contributed by atoms with Gasteiger partial charge in [-0.25, -0.2) is 14.4 Å². The molecule has 0 radical (unpaired) electrons. The average Bonchev–Trinajstić information content (AvgIpc) is 3.50. The van der Waals surface area contributed by atoms with E-state index in [0.717, 1.165) is 31.2 Å². The first-order valence-electron chi connectivity index (χ1n) is 11.2. The highest BCUT2D eigenvalue weighted by molar-refractivity contribution is 6.31. The molecule has 1 fully saturated rings. The van der Waals surface area contributed by atoms with Crippen molar-refractivity contribution in [3.8, 4) is 17.0 Å². The summed E-state index contributed by atoms with van der Waals surface area (Å²) in [6, 6.07) is 3.22. The van der Waals surface area contributed by atoms with Gasteiger partial charge in [0.2, 0.25) is 0 Å². The molecule has 178 valence electrons. The van der Waals surface area contributed by atoms with Crippen LogP contribution in [0.3, 0.4) is 0 Å². The number of hydrogen-bond acceptors (Lipinski definition) is 5. The number of methoxy groups -OCH3 is 1. The van der Waals surface area contributed by atoms with Crippen molar-refractivity contribution in [1.82, 2.24) is 24.7 Å². The maximum atomic E-state index is 14.4. The van der Waals surface area contributed by atoms with E-state index in [1.165, 1.54) is 19.2 Å². The van der Waals surface area contributed by atoms with Gasteiger partial charge in [0, 0.05) is 41.0 Å². The first kappa shape index (κ1) is 22.7. The molecular formula is C24H25ClF2N6O. The standard InChI is InChI=1S/C24H25ClF2N6O/c1-34-20-7-6-18(27)22(25)21(20)16(8-26)17-10-29-24-23(17)32-19(11-30-24)13-9-31-33(12-13)15-4-2-14(28)3-5-15/h6-7,9-12,14-16H,2-5,8,28H2,1H3,(H,29,30)/t14?,15?,16-/m0/s1. The molecule has 0 unspecified atom stereocenters. The second-order valence-electron chi connectivity index (χ2n) is 8.66. The number of ether oxygens (including phenoxy) is 1. The van der Waals surface area contributed by atoms with Crippen molar-refractivity contribution in [2.75, 3.05) is 13.8 Å². The fraction of sp³-hybridized carbons (Fsp3) is 0.375. The monoisotopic (exact) mass is 486 g/mol. The topological polar surface area (TPSA) is 94.6 Å². The van der Waals surface area contributed by atoms with Gasteiger partial charge in [0.05, 0.1) is 36.3 Å². The van der Waals surface area contributed by atoms with Crippen molar-refractivity contribution in [3.05, 3.63) is 58.9 Å². The van der Waals surface area contributed by atoms with Crippen LogP contribution in [0.2, 0.25) is 5.02 Å². The van der Waals surface area contributed by atoms with E-state index in [1.807, 2.05) is 10.9 Å². The number of halogens is 3. The molecule has 0 bridgehead atoms. The summed E-state index contributed by atoms with van der Waals surface area (Å²) in [5.74, 6) is -1.22. The molecule has 1 aliphatic rings. The zero-order valence-corrected chi connectivity index (χ0v) is 19.4. The summed E-state index contributed by atoms with van der Waals surface area (Å²) in [7, 11) is 1.44. The molecule has 3 N–H and O–H groups in total. The van der Waals surface area contributed by atoms with E-state index in [0.29, 0.717) is 34.2 Å². The number of alkyl halides is 1. The van der Waals surface area contributed by atoms with Crippen LogP contribution in [0.15, 0.2) is 36.9 Å². The molecule has 3 aromatic heterocycles. The van der Waals surface area contributed by atoms with E-state index < -0.39 is 18.4 Å². The van der Waals surface area contributed by atoms with Crippen molar-refractivity contribution >= 4 is 22.8 Å². The molecular weight excluding hydrogens is 462 g/mol. The summed E-state index contributed by atoms with van der Waals surface area (Å²) in [6.45, 7) is -0.819. The van der Waals surface area contributed by atoms with Gasteiger partial charge in [0.25, 0.3) is 0 Å². The van der Waals surface area contributed by atoms with E-state index in [2.05, 4.69) is 15.1 Å². The fourth-order valence-electron chi connectivity index (χ4n) is 4.72. The van der Waals surface area contributed by atoms with Crippen LogP contribution < -0.4 is 10.5 Å². The molecule has 1 aromatic carbocycles. The van der Waals surface area contributed by atoms with Gasteiger partial charge < -0.3 is 15.5 Å². The van der Waals surface area contributed by atoms with Crippen molar-refractivity contribution in [2.45, 2.75) is 43.7 Å². The summed E-state index contributed by atoms with van der Waals surface area (Å²) < 4.78 is 36.0. The second-order valence-corrected chi connectivity index (χ2v) is 9.04. The van der Waals surface area contributed by atoms with E-state index in [9.17, 15) is 8.78 Å². The normalized spacial score (nSPS) is 19.4. The number of nitrogens with two attached hydrogens (primary N) is 1. The first-order chi connectivity index (χ1) is 16.5. The Hall–Kier alpha value is -3.04. The number of aromatic nitrogens is 5. The van der Waals surface area contributed by atoms with Crippen LogP contribution in [0, 0.1) is 5.82 Å². The van der Waals surface area contributed by atoms with Gasteiger partial charge in [0.15, 0.2) is 5.65 Å². The molecule has 7 nitrogen and oxygen atoms in total. The zero-order valence-electron chi connectivity index (χ0n) is 18.6. The zero-order chi connectivity index (χ0) is 23.8. The van der Waals surface area contributed by atoms with Crippen LogP contribution in [0.25, 0.3) is 22.4 Å². The maximum Gasteiger partial charge on any atom is 0.156 e. The van der Waals surface area contributed by atoms with Gasteiger partial charge in [-0.3, -0.25) is 9.07 Å². The Kier molecular flexibility index (Phi) is 6.22. The summed E-state index contributed by atoms with van der Waals surface area (Å²) in [5.41, 5.74) is 9.20. The number of aromatic amines is 1. The molecule has 4 aromatic rings. The van der Waals surface area contributed by atoms with Gasteiger partial charge in [-0.1, -0.05) is 11.6 Å². The highest BCUT2D eigenvalue weighted by Crippen LogP contribution is 2.41. The predicted octanol–water partition coefficient (Wildman–Crippen LogP) is 5.17. The average molecular weight is 487 g/mol. The van der Waals surface area contributed by atoms with Crippen LogP contribution in [0.1, 0.15) is 48.8 Å². The number of fused-ring (bicyclic) bond motifs is 1. The Balaban J connectivity index is 1.53. The van der Waals surface area contributed by atoms with Crippen molar-refractivity contribution in [1.29, 1.82) is 0 Å². The van der Waals surface area contributed by atoms with E-state index >= 15 is 0 Å². The molecule has 0 aliphatic heterocycles. The van der Waals surface area contributed by atoms with Crippen LogP contribution >= 0.6 is 11.6 Å². The smallest absolute Gasteiger partial charge is 0.156 e. The van der Waals surface area contributed by atoms with Gasteiger partial charge in [-0.05, 0) is 37.8 Å². The summed E-state index contributed by atoms with van der Waals surface area (Å²) in [5, 5.41) is 4.37. The first-order valence-corrected chi connectivity index (χ1v) is 11.6. The lowest BCUT2D eigenvalue weighted by Crippen LogP contribution is -2.27. The Bertz CT molecular complexity index is 1310. The number of nitrogens with zero attached hydrogens (tertiary/aromatic N) is 4. The summed E-state index contributed by atoms with van der Waals surface area (Å²) in [6.07, 6.45) is 10.9. The highest BCUT2D eigenvalue weighted by Gasteiger charge is 2.27. The molecule has 0 spiro atoms. The van der Waals surface area contributed by atoms with E-state index in [-0.39, 0.29) is 16.6 Å². The number of nitrogens with one attached hydrogen (secondary N) is 1. The van der Waals surface area contributed by atoms with Crippen LogP contribution in [0.4, 0.5) is 8.78 Å². The molecule has 3 heterocycles. The Morgan fingerprint density at radius 2 is 2.06 bits per heavy atom. The Labute approximate surface area is 200 Å². The van der Waals surface area contributed by atoms with Gasteiger partial charge >= 0.3 is 0 Å². The van der Waals surface area contributed by atoms with Crippen LogP contribution in [0.5, 0.6) is 5.75 Å². The third-order valence-electron chi connectivity index (χ3n) is 6.61. The minimum Gasteiger partial charge on any atom is -0.496 e. The number of benzene rings is 1. The summed E-state index contributed by atoms with van der Waals surface area (Å²) >= 11 is 6.24. The molecule has 1 aliphatic carbocycles. The molecule has 0 saturated heterocycles. The van der Waals surface area contributed by atoms with Crippen LogP contribution in [-0.2, 0) is 0 Å². The predicted molar refractivity (Wildman–Crippen MR) is 126 cm³/mol. The van der Waals surface area contributed by atoms with Crippen molar-refractivity contribution in [3.63, 3.8) is 0 Å². The number of hydrogen-bond donors (Lipinski definition) is 2. The molecule has 34 heavy (non-hydrogen) atoms. The molecule has 5 rings (SSSR count). The van der Waals surface area contributed by atoms with Gasteiger partial charge in [0.1, 0.15) is 23.8 Å². The van der Waals surface area contributed by atoms with Crippen molar-refractivity contribution < 1.29 is 13.5 Å². The fourth-order valence-corrected chi connectivity index (χ4v) is 5.01. The lowest BCUT2D eigenvalue weighted by Gasteiger charge is -2.26. The van der Waals surface area contributed by atoms with Gasteiger partial charge in [-0.15, -0.1) is 0 Å². The Morgan fingerprint density at radius 1 is 1.26 bits per heavy atom. The summed E-state index contributed by atoms with van der Waals surface area (Å²) in [4.78, 5) is 12.3. The van der Waals surface area contributed by atoms with E-state index in [1.54, 1.807) is 18.6 Å².